The van der Waals surface area contributed by atoms with E-state index in [9.17, 15) is 13.2 Å². The Hall–Kier alpha value is -0.290. The van der Waals surface area contributed by atoms with Crippen LogP contribution in [0.4, 0.5) is 13.2 Å². The quantitative estimate of drug-likeness (QED) is 0.653. The second-order valence-corrected chi connectivity index (χ2v) is 1.82. The standard InChI is InChI=1S/C5H10F3NO/c1-9-3-4(10-2)5(6,7)8/h4,9H,3H2,1-2H3/t4-/m0/s1. The molecule has 2 nitrogen and oxygen atoms in total. The highest BCUT2D eigenvalue weighted by molar-refractivity contribution is 4.68. The van der Waals surface area contributed by atoms with Crippen LogP contribution in [0.5, 0.6) is 0 Å². The molecule has 0 radical (unpaired) electrons. The van der Waals surface area contributed by atoms with Crippen molar-refractivity contribution in [1.82, 2.24) is 5.32 Å². The summed E-state index contributed by atoms with van der Waals surface area (Å²) in [6, 6.07) is 0. The maximum Gasteiger partial charge on any atom is 0.415 e. The van der Waals surface area contributed by atoms with Crippen LogP contribution in [0.2, 0.25) is 0 Å². The fourth-order valence-corrected chi connectivity index (χ4v) is 0.518. The molecule has 62 valence electrons. The van der Waals surface area contributed by atoms with Crippen molar-refractivity contribution in [3.63, 3.8) is 0 Å². The monoisotopic (exact) mass is 157 g/mol. The summed E-state index contributed by atoms with van der Waals surface area (Å²) in [6.45, 7) is -0.208. The van der Waals surface area contributed by atoms with E-state index in [4.69, 9.17) is 0 Å². The molecule has 0 aromatic heterocycles. The number of hydrogen-bond acceptors (Lipinski definition) is 2. The second kappa shape index (κ2) is 3.78. The number of ether oxygens (including phenoxy) is 1. The molecule has 0 spiro atoms. The van der Waals surface area contributed by atoms with E-state index in [1.165, 1.54) is 7.05 Å². The van der Waals surface area contributed by atoms with Gasteiger partial charge in [-0.05, 0) is 7.05 Å². The van der Waals surface area contributed by atoms with Gasteiger partial charge in [-0.15, -0.1) is 0 Å². The molecule has 0 saturated heterocycles. The minimum absolute atomic E-state index is 0.208. The van der Waals surface area contributed by atoms with Gasteiger partial charge in [-0.3, -0.25) is 0 Å². The molecule has 0 unspecified atom stereocenters. The smallest absolute Gasteiger partial charge is 0.371 e. The predicted octanol–water partition coefficient (Wildman–Crippen LogP) is 0.783. The maximum absolute atomic E-state index is 11.7. The molecular formula is C5H10F3NO. The van der Waals surface area contributed by atoms with Crippen LogP contribution in [0.15, 0.2) is 0 Å². The van der Waals surface area contributed by atoms with Crippen molar-refractivity contribution in [1.29, 1.82) is 0 Å². The predicted molar refractivity (Wildman–Crippen MR) is 30.8 cm³/mol. The van der Waals surface area contributed by atoms with Crippen molar-refractivity contribution in [3.8, 4) is 0 Å². The molecule has 0 aliphatic heterocycles. The molecule has 10 heavy (non-hydrogen) atoms. The molecule has 0 saturated carbocycles. The summed E-state index contributed by atoms with van der Waals surface area (Å²) in [5, 5.41) is 2.38. The van der Waals surface area contributed by atoms with Gasteiger partial charge in [0.25, 0.3) is 0 Å². The lowest BCUT2D eigenvalue weighted by molar-refractivity contribution is -0.210. The summed E-state index contributed by atoms with van der Waals surface area (Å²) in [6.07, 6.45) is -5.96. The SMILES string of the molecule is CNC[C@H](OC)C(F)(F)F. The molecule has 0 fully saturated rings. The molecule has 0 aromatic carbocycles. The van der Waals surface area contributed by atoms with Crippen LogP contribution >= 0.6 is 0 Å². The number of rotatable bonds is 3. The normalized spacial score (nSPS) is 15.3. The van der Waals surface area contributed by atoms with Gasteiger partial charge in [-0.2, -0.15) is 13.2 Å². The molecule has 0 rings (SSSR count). The van der Waals surface area contributed by atoms with Gasteiger partial charge in [0.15, 0.2) is 6.10 Å². The molecule has 0 heterocycles. The van der Waals surface area contributed by atoms with Gasteiger partial charge in [-0.1, -0.05) is 0 Å². The topological polar surface area (TPSA) is 21.3 Å². The van der Waals surface area contributed by atoms with Crippen molar-refractivity contribution in [2.75, 3.05) is 20.7 Å². The summed E-state index contributed by atoms with van der Waals surface area (Å²) in [4.78, 5) is 0. The van der Waals surface area contributed by atoms with E-state index in [-0.39, 0.29) is 6.54 Å². The molecule has 5 heteroatoms. The summed E-state index contributed by atoms with van der Waals surface area (Å²) < 4.78 is 39.4. The zero-order valence-electron chi connectivity index (χ0n) is 5.83. The molecule has 0 amide bonds. The van der Waals surface area contributed by atoms with E-state index in [2.05, 4.69) is 10.1 Å². The third-order valence-corrected chi connectivity index (χ3v) is 1.04. The van der Waals surface area contributed by atoms with Crippen LogP contribution in [0, 0.1) is 0 Å². The van der Waals surface area contributed by atoms with E-state index in [1.54, 1.807) is 0 Å². The van der Waals surface area contributed by atoms with Crippen molar-refractivity contribution >= 4 is 0 Å². The van der Waals surface area contributed by atoms with Gasteiger partial charge in [-0.25, -0.2) is 0 Å². The van der Waals surface area contributed by atoms with Gasteiger partial charge in [0.1, 0.15) is 0 Å². The zero-order valence-corrected chi connectivity index (χ0v) is 5.83. The summed E-state index contributed by atoms with van der Waals surface area (Å²) in [5.41, 5.74) is 0. The highest BCUT2D eigenvalue weighted by Crippen LogP contribution is 2.21. The minimum atomic E-state index is -4.27. The Labute approximate surface area is 57.4 Å². The van der Waals surface area contributed by atoms with Gasteiger partial charge in [0, 0.05) is 13.7 Å². The maximum atomic E-state index is 11.7. The van der Waals surface area contributed by atoms with Crippen LogP contribution in [0.3, 0.4) is 0 Å². The summed E-state index contributed by atoms with van der Waals surface area (Å²) in [7, 11) is 2.48. The van der Waals surface area contributed by atoms with E-state index >= 15 is 0 Å². The van der Waals surface area contributed by atoms with E-state index in [0.29, 0.717) is 0 Å². The summed E-state index contributed by atoms with van der Waals surface area (Å²) >= 11 is 0. The number of alkyl halides is 3. The van der Waals surface area contributed by atoms with E-state index in [1.807, 2.05) is 0 Å². The molecule has 0 bridgehead atoms. The van der Waals surface area contributed by atoms with E-state index < -0.39 is 12.3 Å². The molecule has 1 N–H and O–H groups in total. The third kappa shape index (κ3) is 3.03. The van der Waals surface area contributed by atoms with Crippen LogP contribution in [-0.4, -0.2) is 33.0 Å². The first-order valence-corrected chi connectivity index (χ1v) is 2.76. The number of hydrogen-bond donors (Lipinski definition) is 1. The first kappa shape index (κ1) is 9.71. The molecule has 0 aliphatic rings. The fourth-order valence-electron chi connectivity index (χ4n) is 0.518. The molecule has 0 aromatic rings. The van der Waals surface area contributed by atoms with Crippen molar-refractivity contribution in [3.05, 3.63) is 0 Å². The summed E-state index contributed by atoms with van der Waals surface area (Å²) in [5.74, 6) is 0. The highest BCUT2D eigenvalue weighted by Gasteiger charge is 2.39. The van der Waals surface area contributed by atoms with Crippen molar-refractivity contribution in [2.45, 2.75) is 12.3 Å². The third-order valence-electron chi connectivity index (χ3n) is 1.04. The molecule has 1 atom stereocenters. The van der Waals surface area contributed by atoms with Crippen LogP contribution in [-0.2, 0) is 4.74 Å². The lowest BCUT2D eigenvalue weighted by atomic mass is 10.3. The zero-order chi connectivity index (χ0) is 8.20. The number of nitrogens with one attached hydrogen (secondary N) is 1. The van der Waals surface area contributed by atoms with Gasteiger partial charge < -0.3 is 10.1 Å². The van der Waals surface area contributed by atoms with Crippen molar-refractivity contribution < 1.29 is 17.9 Å². The molecule has 0 aliphatic carbocycles. The molecular weight excluding hydrogens is 147 g/mol. The van der Waals surface area contributed by atoms with Crippen LogP contribution in [0.25, 0.3) is 0 Å². The Morgan fingerprint density at radius 3 is 2.10 bits per heavy atom. The van der Waals surface area contributed by atoms with Gasteiger partial charge in [0.05, 0.1) is 0 Å². The Bertz CT molecular complexity index is 93.4. The Balaban J connectivity index is 3.81. The largest absolute Gasteiger partial charge is 0.415 e. The first-order valence-electron chi connectivity index (χ1n) is 2.76. The average Bonchev–Trinajstić information content (AvgIpc) is 1.80. The highest BCUT2D eigenvalue weighted by atomic mass is 19.4. The van der Waals surface area contributed by atoms with Gasteiger partial charge in [0.2, 0.25) is 0 Å². The second-order valence-electron chi connectivity index (χ2n) is 1.82. The average molecular weight is 157 g/mol. The Morgan fingerprint density at radius 2 is 2.00 bits per heavy atom. The van der Waals surface area contributed by atoms with Crippen LogP contribution < -0.4 is 5.32 Å². The lowest BCUT2D eigenvalue weighted by Crippen LogP contribution is -2.38. The Morgan fingerprint density at radius 1 is 1.50 bits per heavy atom. The number of methoxy groups -OCH3 is 1. The van der Waals surface area contributed by atoms with Gasteiger partial charge >= 0.3 is 6.18 Å². The fraction of sp³-hybridized carbons (Fsp3) is 1.00. The van der Waals surface area contributed by atoms with E-state index in [0.717, 1.165) is 7.11 Å². The Kier molecular flexibility index (Phi) is 3.67. The first-order chi connectivity index (χ1) is 4.52. The van der Waals surface area contributed by atoms with Crippen LogP contribution in [0.1, 0.15) is 0 Å². The minimum Gasteiger partial charge on any atom is -0.371 e. The lowest BCUT2D eigenvalue weighted by Gasteiger charge is -2.17. The van der Waals surface area contributed by atoms with Crippen molar-refractivity contribution in [2.24, 2.45) is 0 Å². The number of halogens is 3. The number of likely N-dealkylation sites (N-methyl/N-ethyl adjacent to an activating group) is 1.